The Balaban J connectivity index is 1.26. The predicted octanol–water partition coefficient (Wildman–Crippen LogP) is 3.96. The zero-order chi connectivity index (χ0) is 22.0. The summed E-state index contributed by atoms with van der Waals surface area (Å²) < 4.78 is 42.4. The van der Waals surface area contributed by atoms with Gasteiger partial charge in [0.05, 0.1) is 16.6 Å². The molecule has 166 valence electrons. The maximum Gasteiger partial charge on any atom is 0.416 e. The average molecular weight is 432 g/mol. The minimum Gasteiger partial charge on any atom is -0.369 e. The molecular formula is C23H27F3N4O. The van der Waals surface area contributed by atoms with Gasteiger partial charge < -0.3 is 4.90 Å². The highest BCUT2D eigenvalue weighted by Gasteiger charge is 2.31. The van der Waals surface area contributed by atoms with E-state index in [1.165, 1.54) is 12.1 Å². The Hall–Kier alpha value is -2.74. The van der Waals surface area contributed by atoms with Gasteiger partial charge in [-0.3, -0.25) is 14.0 Å². The first-order valence-electron chi connectivity index (χ1n) is 10.6. The summed E-state index contributed by atoms with van der Waals surface area (Å²) in [6, 6.07) is 13.4. The van der Waals surface area contributed by atoms with Gasteiger partial charge in [0.1, 0.15) is 0 Å². The lowest BCUT2D eigenvalue weighted by Crippen LogP contribution is -2.46. The van der Waals surface area contributed by atoms with E-state index >= 15 is 0 Å². The molecule has 0 spiro atoms. The zero-order valence-electron chi connectivity index (χ0n) is 17.6. The molecule has 0 radical (unpaired) electrons. The van der Waals surface area contributed by atoms with Crippen molar-refractivity contribution in [3.05, 3.63) is 64.6 Å². The molecule has 0 N–H and O–H groups in total. The molecule has 5 nitrogen and oxygen atoms in total. The number of nitrogens with zero attached hydrogens (tertiary/aromatic N) is 4. The topological polar surface area (TPSA) is 33.4 Å². The van der Waals surface area contributed by atoms with Crippen molar-refractivity contribution in [2.45, 2.75) is 25.6 Å². The van der Waals surface area contributed by atoms with Gasteiger partial charge in [-0.1, -0.05) is 18.2 Å². The van der Waals surface area contributed by atoms with Crippen LogP contribution in [-0.4, -0.2) is 46.8 Å². The Labute approximate surface area is 179 Å². The summed E-state index contributed by atoms with van der Waals surface area (Å²) in [6.07, 6.45) is -2.44. The third kappa shape index (κ3) is 4.63. The molecule has 31 heavy (non-hydrogen) atoms. The number of halogens is 3. The van der Waals surface area contributed by atoms with Gasteiger partial charge in [-0.15, -0.1) is 0 Å². The highest BCUT2D eigenvalue weighted by Crippen LogP contribution is 2.31. The number of para-hydroxylation sites is 2. The van der Waals surface area contributed by atoms with Crippen LogP contribution in [0, 0.1) is 0 Å². The van der Waals surface area contributed by atoms with Gasteiger partial charge in [-0.2, -0.15) is 13.2 Å². The second-order valence-electron chi connectivity index (χ2n) is 8.07. The first-order valence-corrected chi connectivity index (χ1v) is 10.6. The summed E-state index contributed by atoms with van der Waals surface area (Å²) in [5.41, 5.74) is 1.94. The van der Waals surface area contributed by atoms with Crippen molar-refractivity contribution in [1.29, 1.82) is 0 Å². The number of alkyl halides is 3. The fourth-order valence-electron chi connectivity index (χ4n) is 4.29. The summed E-state index contributed by atoms with van der Waals surface area (Å²) in [7, 11) is 1.80. The van der Waals surface area contributed by atoms with E-state index in [1.807, 2.05) is 33.7 Å². The standard InChI is InChI=1S/C23H27F3N4O/c1-27-20-9-2-3-10-21(20)30(22(27)31)12-5-4-11-28-13-15-29(16-14-28)19-8-6-7-18(17-19)23(24,25)26/h2-3,6-10,17H,4-5,11-16H2,1H3. The minimum atomic E-state index is -4.32. The number of hydrogen-bond acceptors (Lipinski definition) is 3. The SMILES string of the molecule is Cn1c(=O)n(CCCCN2CCN(c3cccc(C(F)(F)F)c3)CC2)c2ccccc21. The summed E-state index contributed by atoms with van der Waals surface area (Å²) in [5, 5.41) is 0. The first kappa shape index (κ1) is 21.5. The Kier molecular flexibility index (Phi) is 6.09. The van der Waals surface area contributed by atoms with E-state index in [4.69, 9.17) is 0 Å². The number of hydrogen-bond donors (Lipinski definition) is 0. The van der Waals surface area contributed by atoms with Crippen LogP contribution in [0.1, 0.15) is 18.4 Å². The molecule has 0 amide bonds. The molecule has 8 heteroatoms. The second kappa shape index (κ2) is 8.78. The number of benzene rings is 2. The lowest BCUT2D eigenvalue weighted by atomic mass is 10.1. The molecule has 1 aromatic heterocycles. The van der Waals surface area contributed by atoms with Gasteiger partial charge >= 0.3 is 11.9 Å². The van der Waals surface area contributed by atoms with Gasteiger partial charge in [-0.05, 0) is 49.7 Å². The summed E-state index contributed by atoms with van der Waals surface area (Å²) in [6.45, 7) is 4.68. The number of anilines is 1. The van der Waals surface area contributed by atoms with Gasteiger partial charge in [0.25, 0.3) is 0 Å². The highest BCUT2D eigenvalue weighted by molar-refractivity contribution is 5.75. The van der Waals surface area contributed by atoms with E-state index in [0.717, 1.165) is 49.6 Å². The quantitative estimate of drug-likeness (QED) is 0.553. The molecule has 0 atom stereocenters. The fourth-order valence-corrected chi connectivity index (χ4v) is 4.29. The van der Waals surface area contributed by atoms with E-state index in [1.54, 1.807) is 17.7 Å². The van der Waals surface area contributed by atoms with E-state index in [-0.39, 0.29) is 5.69 Å². The van der Waals surface area contributed by atoms with Gasteiger partial charge in [0, 0.05) is 45.5 Å². The highest BCUT2D eigenvalue weighted by atomic mass is 19.4. The molecule has 1 saturated heterocycles. The van der Waals surface area contributed by atoms with Crippen molar-refractivity contribution in [1.82, 2.24) is 14.0 Å². The lowest BCUT2D eigenvalue weighted by Gasteiger charge is -2.36. The number of fused-ring (bicyclic) bond motifs is 1. The molecule has 1 fully saturated rings. The van der Waals surface area contributed by atoms with Crippen molar-refractivity contribution in [3.63, 3.8) is 0 Å². The van der Waals surface area contributed by atoms with Crippen LogP contribution >= 0.6 is 0 Å². The summed E-state index contributed by atoms with van der Waals surface area (Å²) in [5.74, 6) is 0. The van der Waals surface area contributed by atoms with Crippen molar-refractivity contribution >= 4 is 16.7 Å². The van der Waals surface area contributed by atoms with E-state index in [0.29, 0.717) is 25.3 Å². The maximum absolute atomic E-state index is 13.0. The normalized spacial score (nSPS) is 15.7. The molecular weight excluding hydrogens is 405 g/mol. The van der Waals surface area contributed by atoms with Crippen LogP contribution in [0.5, 0.6) is 0 Å². The third-order valence-electron chi connectivity index (χ3n) is 6.07. The molecule has 0 bridgehead atoms. The molecule has 0 saturated carbocycles. The molecule has 0 aliphatic carbocycles. The van der Waals surface area contributed by atoms with Crippen LogP contribution in [0.2, 0.25) is 0 Å². The third-order valence-corrected chi connectivity index (χ3v) is 6.07. The van der Waals surface area contributed by atoms with Gasteiger partial charge in [-0.25, -0.2) is 4.79 Å². The number of aryl methyl sites for hydroxylation is 2. The maximum atomic E-state index is 13.0. The van der Waals surface area contributed by atoms with Gasteiger partial charge in [0.15, 0.2) is 0 Å². The van der Waals surface area contributed by atoms with Crippen LogP contribution in [0.4, 0.5) is 18.9 Å². The molecule has 1 aliphatic heterocycles. The van der Waals surface area contributed by atoms with Crippen molar-refractivity contribution in [2.75, 3.05) is 37.6 Å². The summed E-state index contributed by atoms with van der Waals surface area (Å²) >= 11 is 0. The Bertz CT molecular complexity index is 1090. The molecule has 2 heterocycles. The minimum absolute atomic E-state index is 0.0101. The Morgan fingerprint density at radius 2 is 1.55 bits per heavy atom. The zero-order valence-corrected chi connectivity index (χ0v) is 17.6. The van der Waals surface area contributed by atoms with Crippen LogP contribution in [-0.2, 0) is 19.8 Å². The number of imidazole rings is 1. The summed E-state index contributed by atoms with van der Waals surface area (Å²) in [4.78, 5) is 16.8. The van der Waals surface area contributed by atoms with Crippen LogP contribution in [0.15, 0.2) is 53.3 Å². The number of rotatable bonds is 6. The fraction of sp³-hybridized carbons (Fsp3) is 0.435. The largest absolute Gasteiger partial charge is 0.416 e. The Morgan fingerprint density at radius 3 is 2.26 bits per heavy atom. The molecule has 4 rings (SSSR count). The van der Waals surface area contributed by atoms with E-state index in [9.17, 15) is 18.0 Å². The second-order valence-corrected chi connectivity index (χ2v) is 8.07. The molecule has 0 unspecified atom stereocenters. The van der Waals surface area contributed by atoms with Crippen molar-refractivity contribution in [3.8, 4) is 0 Å². The van der Waals surface area contributed by atoms with Crippen molar-refractivity contribution in [2.24, 2.45) is 7.05 Å². The molecule has 3 aromatic rings. The predicted molar refractivity (Wildman–Crippen MR) is 117 cm³/mol. The van der Waals surface area contributed by atoms with Crippen molar-refractivity contribution < 1.29 is 13.2 Å². The first-order chi connectivity index (χ1) is 14.8. The van der Waals surface area contributed by atoms with E-state index in [2.05, 4.69) is 4.90 Å². The molecule has 1 aliphatic rings. The lowest BCUT2D eigenvalue weighted by molar-refractivity contribution is -0.137. The Morgan fingerprint density at radius 1 is 0.871 bits per heavy atom. The number of piperazine rings is 1. The average Bonchev–Trinajstić information content (AvgIpc) is 3.01. The number of unbranched alkanes of at least 4 members (excludes halogenated alkanes) is 1. The van der Waals surface area contributed by atoms with Crippen LogP contribution < -0.4 is 10.6 Å². The van der Waals surface area contributed by atoms with Gasteiger partial charge in [0.2, 0.25) is 0 Å². The van der Waals surface area contributed by atoms with Crippen LogP contribution in [0.25, 0.3) is 11.0 Å². The van der Waals surface area contributed by atoms with Crippen LogP contribution in [0.3, 0.4) is 0 Å². The monoisotopic (exact) mass is 432 g/mol. The smallest absolute Gasteiger partial charge is 0.369 e. The molecule has 2 aromatic carbocycles. The van der Waals surface area contributed by atoms with E-state index < -0.39 is 11.7 Å². The number of aromatic nitrogens is 2.